The van der Waals surface area contributed by atoms with E-state index in [2.05, 4.69) is 13.5 Å². The lowest BCUT2D eigenvalue weighted by molar-refractivity contribution is -0.248. The molecular formula is C24H34O5. The molecule has 0 spiro atoms. The molecule has 5 heteroatoms. The molecule has 4 fully saturated rings. The van der Waals surface area contributed by atoms with Crippen LogP contribution in [0.4, 0.5) is 0 Å². The third kappa shape index (κ3) is 2.35. The number of ether oxygens (including phenoxy) is 1. The monoisotopic (exact) mass is 402 g/mol. The summed E-state index contributed by atoms with van der Waals surface area (Å²) in [5.41, 5.74) is -1.82. The van der Waals surface area contributed by atoms with Crippen molar-refractivity contribution in [1.82, 2.24) is 0 Å². The molecule has 160 valence electrons. The normalized spacial score (nSPS) is 54.1. The third-order valence-electron chi connectivity index (χ3n) is 9.94. The average Bonchev–Trinajstić information content (AvgIpc) is 3.21. The number of hydrogen-bond donors (Lipinski definition) is 3. The van der Waals surface area contributed by atoms with Gasteiger partial charge in [0.15, 0.2) is 0 Å². The van der Waals surface area contributed by atoms with Crippen LogP contribution in [-0.2, 0) is 9.53 Å². The van der Waals surface area contributed by atoms with Gasteiger partial charge in [-0.2, -0.15) is 0 Å². The van der Waals surface area contributed by atoms with Crippen LogP contribution < -0.4 is 0 Å². The van der Waals surface area contributed by atoms with Gasteiger partial charge in [-0.05, 0) is 80.8 Å². The summed E-state index contributed by atoms with van der Waals surface area (Å²) in [5, 5.41) is 33.8. The molecule has 0 saturated heterocycles. The fraction of sp³-hybridized carbons (Fsp3) is 0.792. The first kappa shape index (κ1) is 19.8. The summed E-state index contributed by atoms with van der Waals surface area (Å²) in [4.78, 5) is 12.5. The fourth-order valence-corrected chi connectivity index (χ4v) is 8.41. The van der Waals surface area contributed by atoms with E-state index in [4.69, 9.17) is 4.74 Å². The van der Waals surface area contributed by atoms with E-state index >= 15 is 0 Å². The maximum absolute atomic E-state index is 12.5. The van der Waals surface area contributed by atoms with Crippen LogP contribution >= 0.6 is 0 Å². The van der Waals surface area contributed by atoms with Gasteiger partial charge in [0.2, 0.25) is 0 Å². The Labute approximate surface area is 172 Å². The molecule has 1 heterocycles. The molecule has 0 amide bonds. The maximum atomic E-state index is 12.5. The summed E-state index contributed by atoms with van der Waals surface area (Å²) in [6, 6.07) is 0. The van der Waals surface area contributed by atoms with E-state index in [0.29, 0.717) is 38.0 Å². The molecule has 5 nitrogen and oxygen atoms in total. The van der Waals surface area contributed by atoms with Gasteiger partial charge in [-0.15, -0.1) is 0 Å². The van der Waals surface area contributed by atoms with Crippen molar-refractivity contribution in [2.75, 3.05) is 6.61 Å². The number of fused-ring (bicyclic) bond motifs is 5. The fourth-order valence-electron chi connectivity index (χ4n) is 8.41. The number of carbonyl (C=O) groups excluding carboxylic acids is 1. The van der Waals surface area contributed by atoms with Gasteiger partial charge in [-0.1, -0.05) is 13.5 Å². The van der Waals surface area contributed by atoms with Crippen LogP contribution in [0.1, 0.15) is 64.7 Å². The first-order chi connectivity index (χ1) is 13.7. The predicted octanol–water partition coefficient (Wildman–Crippen LogP) is 2.89. The van der Waals surface area contributed by atoms with Crippen molar-refractivity contribution in [1.29, 1.82) is 0 Å². The summed E-state index contributed by atoms with van der Waals surface area (Å²) < 4.78 is 5.60. The van der Waals surface area contributed by atoms with E-state index in [1.54, 1.807) is 0 Å². The number of hydrogen-bond acceptors (Lipinski definition) is 5. The molecule has 1 aliphatic heterocycles. The summed E-state index contributed by atoms with van der Waals surface area (Å²) in [6.45, 7) is 6.71. The number of rotatable bonds is 2. The topological polar surface area (TPSA) is 87.0 Å². The van der Waals surface area contributed by atoms with Crippen LogP contribution in [0.15, 0.2) is 24.0 Å². The Morgan fingerprint density at radius 2 is 1.86 bits per heavy atom. The number of aliphatic hydroxyl groups is 3. The van der Waals surface area contributed by atoms with E-state index in [0.717, 1.165) is 32.0 Å². The quantitative estimate of drug-likeness (QED) is 0.618. The summed E-state index contributed by atoms with van der Waals surface area (Å²) in [5.74, 6) is 0.968. The zero-order chi connectivity index (χ0) is 20.7. The summed E-state index contributed by atoms with van der Waals surface area (Å²) in [6.07, 6.45) is 8.37. The molecule has 0 aromatic carbocycles. The Morgan fingerprint density at radius 3 is 2.55 bits per heavy atom. The Hall–Kier alpha value is -1.17. The molecule has 4 aliphatic carbocycles. The van der Waals surface area contributed by atoms with Crippen molar-refractivity contribution in [3.63, 3.8) is 0 Å². The summed E-state index contributed by atoms with van der Waals surface area (Å²) in [7, 11) is 0. The van der Waals surface area contributed by atoms with Crippen LogP contribution in [0, 0.1) is 28.6 Å². The van der Waals surface area contributed by atoms with Crippen molar-refractivity contribution < 1.29 is 24.9 Å². The Kier molecular flexibility index (Phi) is 4.21. The predicted molar refractivity (Wildman–Crippen MR) is 108 cm³/mol. The first-order valence-corrected chi connectivity index (χ1v) is 11.3. The Balaban J connectivity index is 1.52. The smallest absolute Gasteiger partial charge is 0.129 e. The van der Waals surface area contributed by atoms with Crippen LogP contribution in [0.3, 0.4) is 0 Å². The van der Waals surface area contributed by atoms with Gasteiger partial charge in [0.05, 0.1) is 22.7 Å². The number of aldehydes is 1. The molecule has 4 saturated carbocycles. The molecule has 0 bridgehead atoms. The van der Waals surface area contributed by atoms with Crippen molar-refractivity contribution in [2.45, 2.75) is 82.0 Å². The standard InChI is InChI=1S/C24H34O5/c1-15-11-16(13-29-15)18-6-10-24(28)20-5-9-23(27)12-17(26)3-8-22(23,14-25)19(20)4-7-21(18,24)2/h11,14,17-20,26-28H,1,3-10,12-13H2,2H3/t17-,18+,19?,20?,21+,22-,23-,24-/m0/s1. The van der Waals surface area contributed by atoms with Gasteiger partial charge < -0.3 is 24.9 Å². The number of carbonyl (C=O) groups is 1. The number of aliphatic hydroxyl groups excluding tert-OH is 1. The molecule has 5 rings (SSSR count). The van der Waals surface area contributed by atoms with E-state index in [9.17, 15) is 20.1 Å². The van der Waals surface area contributed by atoms with E-state index in [-0.39, 0.29) is 29.6 Å². The second-order valence-corrected chi connectivity index (χ2v) is 10.8. The largest absolute Gasteiger partial charge is 0.490 e. The van der Waals surface area contributed by atoms with Gasteiger partial charge in [-0.3, -0.25) is 0 Å². The van der Waals surface area contributed by atoms with Gasteiger partial charge in [0.25, 0.3) is 0 Å². The molecule has 0 aromatic rings. The van der Waals surface area contributed by atoms with Gasteiger partial charge in [0.1, 0.15) is 18.7 Å². The molecule has 8 atom stereocenters. The van der Waals surface area contributed by atoms with E-state index < -0.39 is 22.7 Å². The van der Waals surface area contributed by atoms with Crippen LogP contribution in [0.5, 0.6) is 0 Å². The highest BCUT2D eigenvalue weighted by molar-refractivity contribution is 5.64. The molecule has 0 radical (unpaired) electrons. The minimum absolute atomic E-state index is 0.0121. The van der Waals surface area contributed by atoms with Gasteiger partial charge in [0, 0.05) is 11.8 Å². The lowest BCUT2D eigenvalue weighted by Crippen LogP contribution is -2.68. The van der Waals surface area contributed by atoms with E-state index in [1.807, 2.05) is 6.08 Å². The zero-order valence-electron chi connectivity index (χ0n) is 17.4. The van der Waals surface area contributed by atoms with Gasteiger partial charge >= 0.3 is 0 Å². The minimum Gasteiger partial charge on any atom is -0.490 e. The second-order valence-electron chi connectivity index (χ2n) is 10.8. The molecule has 29 heavy (non-hydrogen) atoms. The molecule has 0 aromatic heterocycles. The van der Waals surface area contributed by atoms with Gasteiger partial charge in [-0.25, -0.2) is 0 Å². The maximum Gasteiger partial charge on any atom is 0.129 e. The SMILES string of the molecule is C=C1C=C([C@H]2CC[C@]3(O)C4CC[C@]5(O)C[C@@H](O)CC[C@]5(C=O)C4CC[C@]23C)CO1. The molecule has 5 aliphatic rings. The second kappa shape index (κ2) is 6.18. The molecular weight excluding hydrogens is 368 g/mol. The van der Waals surface area contributed by atoms with Crippen LogP contribution in [0.2, 0.25) is 0 Å². The van der Waals surface area contributed by atoms with Crippen molar-refractivity contribution >= 4 is 6.29 Å². The average molecular weight is 403 g/mol. The zero-order valence-corrected chi connectivity index (χ0v) is 17.4. The lowest BCUT2D eigenvalue weighted by Gasteiger charge is -2.65. The van der Waals surface area contributed by atoms with Crippen molar-refractivity contribution in [3.05, 3.63) is 24.0 Å². The third-order valence-corrected chi connectivity index (χ3v) is 9.94. The van der Waals surface area contributed by atoms with Crippen LogP contribution in [-0.4, -0.2) is 45.5 Å². The highest BCUT2D eigenvalue weighted by atomic mass is 16.5. The van der Waals surface area contributed by atoms with Crippen molar-refractivity contribution in [2.24, 2.45) is 28.6 Å². The lowest BCUT2D eigenvalue weighted by atomic mass is 9.41. The molecule has 3 N–H and O–H groups in total. The minimum atomic E-state index is -1.14. The highest BCUT2D eigenvalue weighted by Crippen LogP contribution is 2.70. The summed E-state index contributed by atoms with van der Waals surface area (Å²) >= 11 is 0. The Bertz CT molecular complexity index is 775. The Morgan fingerprint density at radius 1 is 1.10 bits per heavy atom. The van der Waals surface area contributed by atoms with Crippen LogP contribution in [0.25, 0.3) is 0 Å². The molecule has 2 unspecified atom stereocenters. The van der Waals surface area contributed by atoms with E-state index in [1.165, 1.54) is 5.57 Å². The van der Waals surface area contributed by atoms with Crippen molar-refractivity contribution in [3.8, 4) is 0 Å². The first-order valence-electron chi connectivity index (χ1n) is 11.3. The highest BCUT2D eigenvalue weighted by Gasteiger charge is 2.71. The number of allylic oxidation sites excluding steroid dienone is 1.